The second-order valence-corrected chi connectivity index (χ2v) is 5.17. The first kappa shape index (κ1) is 22.8. The molecule has 2 aromatic rings. The molecule has 7 nitrogen and oxygen atoms in total. The van der Waals surface area contributed by atoms with E-state index in [4.69, 9.17) is 4.74 Å². The second kappa shape index (κ2) is 10.2. The molecular formula is C15H18ClF4N5O2. The molecule has 1 aromatic heterocycles. The molecular weight excluding hydrogens is 394 g/mol. The van der Waals surface area contributed by atoms with Gasteiger partial charge in [0.1, 0.15) is 5.82 Å². The first-order valence-electron chi connectivity index (χ1n) is 7.61. The lowest BCUT2D eigenvalue weighted by Gasteiger charge is -2.11. The van der Waals surface area contributed by atoms with Crippen LogP contribution in [-0.4, -0.2) is 54.3 Å². The molecule has 1 amide bonds. The van der Waals surface area contributed by atoms with Gasteiger partial charge in [-0.3, -0.25) is 4.79 Å². The molecule has 150 valence electrons. The summed E-state index contributed by atoms with van der Waals surface area (Å²) in [6.45, 7) is 1.44. The summed E-state index contributed by atoms with van der Waals surface area (Å²) in [6.07, 6.45) is -4.90. The van der Waals surface area contributed by atoms with Gasteiger partial charge in [0.05, 0.1) is 12.3 Å². The average Bonchev–Trinajstić information content (AvgIpc) is 3.03. The highest BCUT2D eigenvalue weighted by atomic mass is 35.5. The van der Waals surface area contributed by atoms with E-state index in [1.54, 1.807) is 0 Å². The van der Waals surface area contributed by atoms with Crippen molar-refractivity contribution < 1.29 is 27.1 Å². The molecule has 12 heteroatoms. The third-order valence-corrected chi connectivity index (χ3v) is 3.28. The summed E-state index contributed by atoms with van der Waals surface area (Å²) >= 11 is 0. The Balaban J connectivity index is 0.00000364. The number of carbonyl (C=O) groups is 1. The molecule has 1 aromatic carbocycles. The van der Waals surface area contributed by atoms with Gasteiger partial charge in [-0.05, 0) is 18.2 Å². The van der Waals surface area contributed by atoms with E-state index in [1.165, 1.54) is 19.2 Å². The number of carbonyl (C=O) groups excluding carboxylic acids is 1. The van der Waals surface area contributed by atoms with E-state index in [1.807, 2.05) is 0 Å². The van der Waals surface area contributed by atoms with Crippen molar-refractivity contribution in [3.63, 3.8) is 0 Å². The monoisotopic (exact) mass is 411 g/mol. The van der Waals surface area contributed by atoms with Gasteiger partial charge in [0.2, 0.25) is 0 Å². The van der Waals surface area contributed by atoms with Crippen LogP contribution in [0.4, 0.5) is 17.6 Å². The Kier molecular flexibility index (Phi) is 8.60. The third-order valence-electron chi connectivity index (χ3n) is 3.28. The van der Waals surface area contributed by atoms with Crippen LogP contribution in [0.25, 0.3) is 5.69 Å². The van der Waals surface area contributed by atoms with Crippen molar-refractivity contribution in [1.29, 1.82) is 0 Å². The van der Waals surface area contributed by atoms with Crippen molar-refractivity contribution in [1.82, 2.24) is 25.6 Å². The standard InChI is InChI=1S/C15H17F4N5O2.ClH/c1-26-8-7-20-5-6-21-14(25)12-13(15(17,18)19)24(23-22-12)11-4-2-3-10(16)9-11;/h2-4,9,20H,5-8H2,1H3,(H,21,25);1H. The molecule has 2 rings (SSSR count). The van der Waals surface area contributed by atoms with E-state index in [0.29, 0.717) is 24.4 Å². The van der Waals surface area contributed by atoms with Crippen molar-refractivity contribution in [3.05, 3.63) is 41.5 Å². The predicted octanol–water partition coefficient (Wildman–Crippen LogP) is 1.81. The maximum atomic E-state index is 13.4. The minimum Gasteiger partial charge on any atom is -0.383 e. The van der Waals surface area contributed by atoms with Crippen LogP contribution in [0.3, 0.4) is 0 Å². The highest BCUT2D eigenvalue weighted by Gasteiger charge is 2.42. The fourth-order valence-corrected chi connectivity index (χ4v) is 2.13. The van der Waals surface area contributed by atoms with Crippen LogP contribution in [0.15, 0.2) is 24.3 Å². The largest absolute Gasteiger partial charge is 0.435 e. The molecule has 0 aliphatic rings. The topological polar surface area (TPSA) is 81.1 Å². The SMILES string of the molecule is COCCNCCNC(=O)c1nnn(-c2cccc(F)c2)c1C(F)(F)F.Cl. The molecule has 0 aliphatic heterocycles. The predicted molar refractivity (Wildman–Crippen MR) is 90.6 cm³/mol. The summed E-state index contributed by atoms with van der Waals surface area (Å²) in [5, 5.41) is 12.0. The number of methoxy groups -OCH3 is 1. The molecule has 0 saturated heterocycles. The molecule has 0 saturated carbocycles. The summed E-state index contributed by atoms with van der Waals surface area (Å²) in [7, 11) is 1.53. The van der Waals surface area contributed by atoms with Gasteiger partial charge >= 0.3 is 6.18 Å². The lowest BCUT2D eigenvalue weighted by Crippen LogP contribution is -2.34. The lowest BCUT2D eigenvalue weighted by molar-refractivity contribution is -0.143. The number of hydrogen-bond donors (Lipinski definition) is 2. The second-order valence-electron chi connectivity index (χ2n) is 5.17. The van der Waals surface area contributed by atoms with E-state index in [2.05, 4.69) is 20.9 Å². The molecule has 0 atom stereocenters. The number of rotatable bonds is 8. The molecule has 1 heterocycles. The van der Waals surface area contributed by atoms with Crippen molar-refractivity contribution in [2.45, 2.75) is 6.18 Å². The summed E-state index contributed by atoms with van der Waals surface area (Å²) in [5.74, 6) is -1.76. The minimum atomic E-state index is -4.90. The number of aromatic nitrogens is 3. The Hall–Kier alpha value is -2.24. The summed E-state index contributed by atoms with van der Waals surface area (Å²) in [4.78, 5) is 12.1. The summed E-state index contributed by atoms with van der Waals surface area (Å²) < 4.78 is 58.8. The molecule has 0 unspecified atom stereocenters. The zero-order chi connectivity index (χ0) is 19.2. The Morgan fingerprint density at radius 3 is 2.63 bits per heavy atom. The van der Waals surface area contributed by atoms with Crippen molar-refractivity contribution in [3.8, 4) is 5.69 Å². The molecule has 0 spiro atoms. The van der Waals surface area contributed by atoms with Crippen LogP contribution in [0.5, 0.6) is 0 Å². The maximum Gasteiger partial charge on any atom is 0.435 e. The van der Waals surface area contributed by atoms with Crippen LogP contribution >= 0.6 is 12.4 Å². The third kappa shape index (κ3) is 6.15. The quantitative estimate of drug-likeness (QED) is 0.511. The van der Waals surface area contributed by atoms with E-state index < -0.39 is 29.3 Å². The number of hydrogen-bond acceptors (Lipinski definition) is 5. The van der Waals surface area contributed by atoms with Crippen molar-refractivity contribution >= 4 is 18.3 Å². The first-order chi connectivity index (χ1) is 12.3. The van der Waals surface area contributed by atoms with Gasteiger partial charge in [-0.1, -0.05) is 11.3 Å². The number of amides is 1. The van der Waals surface area contributed by atoms with Crippen molar-refractivity contribution in [2.24, 2.45) is 0 Å². The fourth-order valence-electron chi connectivity index (χ4n) is 2.13. The van der Waals surface area contributed by atoms with Crippen LogP contribution in [0.2, 0.25) is 0 Å². The summed E-state index contributed by atoms with van der Waals surface area (Å²) in [6, 6.07) is 4.41. The normalized spacial score (nSPS) is 11.1. The van der Waals surface area contributed by atoms with Crippen molar-refractivity contribution in [2.75, 3.05) is 33.4 Å². The highest BCUT2D eigenvalue weighted by Crippen LogP contribution is 2.32. The smallest absolute Gasteiger partial charge is 0.383 e. The van der Waals surface area contributed by atoms with Gasteiger partial charge in [-0.25, -0.2) is 9.07 Å². The molecule has 0 fully saturated rings. The highest BCUT2D eigenvalue weighted by molar-refractivity contribution is 5.93. The Bertz CT molecular complexity index is 754. The van der Waals surface area contributed by atoms with Crippen LogP contribution in [0, 0.1) is 5.82 Å². The van der Waals surface area contributed by atoms with E-state index in [-0.39, 0.29) is 24.6 Å². The molecule has 0 aliphatic carbocycles. The molecule has 2 N–H and O–H groups in total. The number of nitrogens with zero attached hydrogens (tertiary/aromatic N) is 3. The Morgan fingerprint density at radius 2 is 2.00 bits per heavy atom. The maximum absolute atomic E-state index is 13.4. The fraction of sp³-hybridized carbons (Fsp3) is 0.400. The van der Waals surface area contributed by atoms with Gasteiger partial charge in [0, 0.05) is 26.7 Å². The van der Waals surface area contributed by atoms with Gasteiger partial charge in [0.15, 0.2) is 11.4 Å². The van der Waals surface area contributed by atoms with Gasteiger partial charge in [0.25, 0.3) is 5.91 Å². The zero-order valence-electron chi connectivity index (χ0n) is 14.2. The Morgan fingerprint density at radius 1 is 1.26 bits per heavy atom. The number of alkyl halides is 3. The van der Waals surface area contributed by atoms with Crippen LogP contribution in [-0.2, 0) is 10.9 Å². The lowest BCUT2D eigenvalue weighted by atomic mass is 10.2. The van der Waals surface area contributed by atoms with Crippen LogP contribution < -0.4 is 10.6 Å². The Labute approximate surface area is 158 Å². The van der Waals surface area contributed by atoms with Gasteiger partial charge < -0.3 is 15.4 Å². The number of benzene rings is 1. The zero-order valence-corrected chi connectivity index (χ0v) is 15.0. The van der Waals surface area contributed by atoms with E-state index in [0.717, 1.165) is 12.1 Å². The molecule has 0 bridgehead atoms. The van der Waals surface area contributed by atoms with Crippen LogP contribution in [0.1, 0.15) is 16.2 Å². The average molecular weight is 412 g/mol. The molecule has 0 radical (unpaired) electrons. The minimum absolute atomic E-state index is 0. The first-order valence-corrected chi connectivity index (χ1v) is 7.61. The number of nitrogens with one attached hydrogen (secondary N) is 2. The van der Waals surface area contributed by atoms with Gasteiger partial charge in [-0.2, -0.15) is 13.2 Å². The van der Waals surface area contributed by atoms with Gasteiger partial charge in [-0.15, -0.1) is 17.5 Å². The number of halogens is 5. The van der Waals surface area contributed by atoms with E-state index >= 15 is 0 Å². The molecule has 27 heavy (non-hydrogen) atoms. The summed E-state index contributed by atoms with van der Waals surface area (Å²) in [5.41, 5.74) is -2.43. The van der Waals surface area contributed by atoms with E-state index in [9.17, 15) is 22.4 Å². The number of ether oxygens (including phenoxy) is 1.